The number of carbonyl (C=O) groups excluding carboxylic acids is 2. The van der Waals surface area contributed by atoms with Gasteiger partial charge in [0.05, 0.1) is 12.7 Å². The van der Waals surface area contributed by atoms with Crippen LogP contribution < -0.4 is 16.0 Å². The van der Waals surface area contributed by atoms with Crippen LogP contribution >= 0.6 is 0 Å². The van der Waals surface area contributed by atoms with Gasteiger partial charge in [0.15, 0.2) is 5.82 Å². The molecule has 0 radical (unpaired) electrons. The molecule has 0 saturated heterocycles. The number of hydrogen-bond acceptors (Lipinski definition) is 5. The Morgan fingerprint density at radius 3 is 2.51 bits per heavy atom. The average Bonchev–Trinajstić information content (AvgIpc) is 3.24. The highest BCUT2D eigenvalue weighted by molar-refractivity contribution is 5.96. The third-order valence-corrected chi connectivity index (χ3v) is 5.23. The van der Waals surface area contributed by atoms with Gasteiger partial charge in [-0.3, -0.25) is 9.59 Å². The molecule has 0 aliphatic carbocycles. The Hall–Kier alpha value is -2.85. The minimum atomic E-state index is -0.780. The summed E-state index contributed by atoms with van der Waals surface area (Å²) in [5.74, 6) is -1.99. The summed E-state index contributed by atoms with van der Waals surface area (Å²) in [6.45, 7) is 7.92. The first kappa shape index (κ1) is 28.4. The first-order valence-corrected chi connectivity index (χ1v) is 12.3. The van der Waals surface area contributed by atoms with Crippen LogP contribution in [0.25, 0.3) is 0 Å². The first-order valence-electron chi connectivity index (χ1n) is 12.3. The SMILES string of the molecule is CCCCOCCCNCCn1cnc(NC(=O)[C@H](CCC)NC(=O)Cc2cc(F)cc(F)c2)c1. The van der Waals surface area contributed by atoms with Gasteiger partial charge in [-0.05, 0) is 43.5 Å². The summed E-state index contributed by atoms with van der Waals surface area (Å²) in [6.07, 6.45) is 7.40. The maximum absolute atomic E-state index is 13.4. The molecule has 2 rings (SSSR count). The highest BCUT2D eigenvalue weighted by Crippen LogP contribution is 2.10. The van der Waals surface area contributed by atoms with Crippen molar-refractivity contribution in [2.75, 3.05) is 31.6 Å². The van der Waals surface area contributed by atoms with Crippen molar-refractivity contribution in [2.24, 2.45) is 0 Å². The smallest absolute Gasteiger partial charge is 0.248 e. The lowest BCUT2D eigenvalue weighted by atomic mass is 10.1. The van der Waals surface area contributed by atoms with Crippen LogP contribution in [0, 0.1) is 11.6 Å². The molecule has 35 heavy (non-hydrogen) atoms. The van der Waals surface area contributed by atoms with Gasteiger partial charge in [0.25, 0.3) is 0 Å². The number of anilines is 1. The van der Waals surface area contributed by atoms with Crippen LogP contribution in [0.4, 0.5) is 14.6 Å². The van der Waals surface area contributed by atoms with E-state index in [0.717, 1.165) is 63.8 Å². The Kier molecular flexibility index (Phi) is 12.9. The summed E-state index contributed by atoms with van der Waals surface area (Å²) in [7, 11) is 0. The fraction of sp³-hybridized carbons (Fsp3) is 0.560. The minimum absolute atomic E-state index is 0.201. The van der Waals surface area contributed by atoms with E-state index in [1.165, 1.54) is 0 Å². The third-order valence-electron chi connectivity index (χ3n) is 5.23. The van der Waals surface area contributed by atoms with Gasteiger partial charge in [0.1, 0.15) is 17.7 Å². The second-order valence-electron chi connectivity index (χ2n) is 8.42. The summed E-state index contributed by atoms with van der Waals surface area (Å²) >= 11 is 0. The molecule has 0 aliphatic rings. The lowest BCUT2D eigenvalue weighted by Gasteiger charge is -2.17. The van der Waals surface area contributed by atoms with E-state index in [2.05, 4.69) is 27.9 Å². The molecule has 194 valence electrons. The maximum Gasteiger partial charge on any atom is 0.248 e. The normalized spacial score (nSPS) is 11.9. The topological polar surface area (TPSA) is 97.3 Å². The lowest BCUT2D eigenvalue weighted by Crippen LogP contribution is -2.44. The van der Waals surface area contributed by atoms with Gasteiger partial charge in [-0.2, -0.15) is 0 Å². The van der Waals surface area contributed by atoms with Gasteiger partial charge < -0.3 is 25.3 Å². The molecule has 0 aliphatic heterocycles. The van der Waals surface area contributed by atoms with Crippen LogP contribution in [-0.2, 0) is 27.3 Å². The van der Waals surface area contributed by atoms with Crippen molar-refractivity contribution in [1.29, 1.82) is 0 Å². The molecule has 10 heteroatoms. The van der Waals surface area contributed by atoms with Gasteiger partial charge >= 0.3 is 0 Å². The number of carbonyl (C=O) groups is 2. The fourth-order valence-corrected chi connectivity index (χ4v) is 3.44. The molecule has 1 aromatic heterocycles. The molecule has 0 spiro atoms. The number of unbranched alkanes of at least 4 members (excludes halogenated alkanes) is 1. The van der Waals surface area contributed by atoms with E-state index in [9.17, 15) is 18.4 Å². The average molecular weight is 494 g/mol. The monoisotopic (exact) mass is 493 g/mol. The van der Waals surface area contributed by atoms with E-state index in [4.69, 9.17) is 4.74 Å². The first-order chi connectivity index (χ1) is 16.9. The van der Waals surface area contributed by atoms with Gasteiger partial charge in [0.2, 0.25) is 11.8 Å². The van der Waals surface area contributed by atoms with Crippen LogP contribution in [0.5, 0.6) is 0 Å². The van der Waals surface area contributed by atoms with Crippen molar-refractivity contribution in [3.8, 4) is 0 Å². The molecule has 1 atom stereocenters. The number of hydrogen-bond donors (Lipinski definition) is 3. The zero-order chi connectivity index (χ0) is 25.5. The summed E-state index contributed by atoms with van der Waals surface area (Å²) in [5.41, 5.74) is 0.201. The molecule has 8 nitrogen and oxygen atoms in total. The quantitative estimate of drug-likeness (QED) is 0.294. The van der Waals surface area contributed by atoms with E-state index in [-0.39, 0.29) is 12.0 Å². The molecule has 0 bridgehead atoms. The van der Waals surface area contributed by atoms with Crippen molar-refractivity contribution in [1.82, 2.24) is 20.2 Å². The van der Waals surface area contributed by atoms with Crippen molar-refractivity contribution in [3.05, 3.63) is 47.9 Å². The number of ether oxygens (including phenoxy) is 1. The van der Waals surface area contributed by atoms with Crippen LogP contribution in [0.1, 0.15) is 51.5 Å². The third kappa shape index (κ3) is 11.4. The predicted molar refractivity (Wildman–Crippen MR) is 131 cm³/mol. The zero-order valence-electron chi connectivity index (χ0n) is 20.6. The van der Waals surface area contributed by atoms with Crippen molar-refractivity contribution in [2.45, 2.75) is 65.0 Å². The second kappa shape index (κ2) is 15.9. The minimum Gasteiger partial charge on any atom is -0.381 e. The van der Waals surface area contributed by atoms with Crippen LogP contribution in [0.3, 0.4) is 0 Å². The molecular weight excluding hydrogens is 456 g/mol. The molecular formula is C25H37F2N5O3. The zero-order valence-corrected chi connectivity index (χ0v) is 20.6. The van der Waals surface area contributed by atoms with E-state index in [1.54, 1.807) is 12.5 Å². The standard InChI is InChI=1S/C25H37F2N5O3/c1-3-5-11-35-12-6-8-28-9-10-32-17-23(29-18-32)31-25(34)22(7-4-2)30-24(33)15-19-13-20(26)16-21(27)14-19/h13-14,16-18,22,28H,3-12,15H2,1-2H3,(H,30,33)(H,31,34)/t22-/m0/s1. The Labute approximate surface area is 205 Å². The van der Waals surface area contributed by atoms with Gasteiger partial charge in [-0.1, -0.05) is 26.7 Å². The Balaban J connectivity index is 1.75. The van der Waals surface area contributed by atoms with E-state index < -0.39 is 29.5 Å². The van der Waals surface area contributed by atoms with Gasteiger partial charge in [0, 0.05) is 38.6 Å². The molecule has 0 unspecified atom stereocenters. The molecule has 0 saturated carbocycles. The van der Waals surface area contributed by atoms with Crippen molar-refractivity contribution in [3.63, 3.8) is 0 Å². The largest absolute Gasteiger partial charge is 0.381 e. The molecule has 0 fully saturated rings. The van der Waals surface area contributed by atoms with Crippen LogP contribution in [-0.4, -0.2) is 53.7 Å². The molecule has 2 amide bonds. The summed E-state index contributed by atoms with van der Waals surface area (Å²) < 4.78 is 34.1. The number of rotatable bonds is 17. The maximum atomic E-state index is 13.4. The number of aromatic nitrogens is 2. The summed E-state index contributed by atoms with van der Waals surface area (Å²) in [6, 6.07) is 2.16. The number of benzene rings is 1. The lowest BCUT2D eigenvalue weighted by molar-refractivity contribution is -0.126. The molecule has 1 heterocycles. The number of nitrogens with one attached hydrogen (secondary N) is 3. The van der Waals surface area contributed by atoms with E-state index in [1.807, 2.05) is 11.5 Å². The van der Waals surface area contributed by atoms with Gasteiger partial charge in [-0.25, -0.2) is 13.8 Å². The second-order valence-corrected chi connectivity index (χ2v) is 8.42. The Bertz CT molecular complexity index is 902. The number of amides is 2. The van der Waals surface area contributed by atoms with Crippen LogP contribution in [0.2, 0.25) is 0 Å². The van der Waals surface area contributed by atoms with Crippen molar-refractivity contribution >= 4 is 17.6 Å². The highest BCUT2D eigenvalue weighted by atomic mass is 19.1. The van der Waals surface area contributed by atoms with E-state index >= 15 is 0 Å². The number of nitrogens with zero attached hydrogens (tertiary/aromatic N) is 2. The number of halogens is 2. The van der Waals surface area contributed by atoms with Gasteiger partial charge in [-0.15, -0.1) is 0 Å². The predicted octanol–water partition coefficient (Wildman–Crippen LogP) is 3.42. The summed E-state index contributed by atoms with van der Waals surface area (Å²) in [4.78, 5) is 29.3. The molecule has 1 aromatic carbocycles. The summed E-state index contributed by atoms with van der Waals surface area (Å²) in [5, 5.41) is 8.73. The molecule has 3 N–H and O–H groups in total. The Morgan fingerprint density at radius 1 is 1.06 bits per heavy atom. The highest BCUT2D eigenvalue weighted by Gasteiger charge is 2.21. The van der Waals surface area contributed by atoms with E-state index in [0.29, 0.717) is 25.2 Å². The van der Waals surface area contributed by atoms with Crippen LogP contribution in [0.15, 0.2) is 30.7 Å². The Morgan fingerprint density at radius 2 is 1.80 bits per heavy atom. The number of imidazole rings is 1. The van der Waals surface area contributed by atoms with Crippen molar-refractivity contribution < 1.29 is 23.1 Å². The fourth-order valence-electron chi connectivity index (χ4n) is 3.44. The molecule has 2 aromatic rings.